The van der Waals surface area contributed by atoms with Crippen molar-refractivity contribution in [3.8, 4) is 6.07 Å². The zero-order valence-corrected chi connectivity index (χ0v) is 13.9. The van der Waals surface area contributed by atoms with Gasteiger partial charge in [-0.2, -0.15) is 5.26 Å². The second-order valence-corrected chi connectivity index (χ2v) is 6.10. The van der Waals surface area contributed by atoms with Crippen LogP contribution in [0.2, 0.25) is 5.02 Å². The predicted octanol–water partition coefficient (Wildman–Crippen LogP) is 4.98. The molecular formula is C21H17ClN2. The average molecular weight is 333 g/mol. The van der Waals surface area contributed by atoms with Crippen molar-refractivity contribution in [3.05, 3.63) is 99.6 Å². The van der Waals surface area contributed by atoms with Gasteiger partial charge in [-0.25, -0.2) is 0 Å². The van der Waals surface area contributed by atoms with Crippen molar-refractivity contribution in [2.45, 2.75) is 12.8 Å². The van der Waals surface area contributed by atoms with Crippen LogP contribution in [0, 0.1) is 11.3 Å². The highest BCUT2D eigenvalue weighted by Gasteiger charge is 2.15. The van der Waals surface area contributed by atoms with Crippen molar-refractivity contribution in [2.24, 2.45) is 0 Å². The summed E-state index contributed by atoms with van der Waals surface area (Å²) in [6, 6.07) is 24.1. The Morgan fingerprint density at radius 2 is 1.42 bits per heavy atom. The lowest BCUT2D eigenvalue weighted by Crippen LogP contribution is -2.04. The standard InChI is InChI=1S/C21H17ClN2/c22-20-18(14-23)13-17(11-15-7-3-1-4-8-15)21(24)19(20)12-16-9-5-2-6-10-16/h1-10,13H,11-12,24H2. The van der Waals surface area contributed by atoms with Crippen LogP contribution in [0.3, 0.4) is 0 Å². The highest BCUT2D eigenvalue weighted by molar-refractivity contribution is 6.33. The van der Waals surface area contributed by atoms with E-state index in [4.69, 9.17) is 17.3 Å². The molecule has 24 heavy (non-hydrogen) atoms. The molecule has 0 aliphatic carbocycles. The summed E-state index contributed by atoms with van der Waals surface area (Å²) in [6.07, 6.45) is 1.29. The van der Waals surface area contributed by atoms with Gasteiger partial charge in [-0.05, 0) is 34.7 Å². The largest absolute Gasteiger partial charge is 0.398 e. The minimum Gasteiger partial charge on any atom is -0.398 e. The summed E-state index contributed by atoms with van der Waals surface area (Å²) < 4.78 is 0. The predicted molar refractivity (Wildman–Crippen MR) is 99.1 cm³/mol. The van der Waals surface area contributed by atoms with Crippen LogP contribution < -0.4 is 5.73 Å². The maximum Gasteiger partial charge on any atom is 0.101 e. The first-order valence-corrected chi connectivity index (χ1v) is 8.14. The number of nitrogens with two attached hydrogens (primary N) is 1. The Labute approximate surface area is 147 Å². The Hall–Kier alpha value is -2.76. The van der Waals surface area contributed by atoms with Gasteiger partial charge >= 0.3 is 0 Å². The number of nitriles is 1. The number of rotatable bonds is 4. The summed E-state index contributed by atoms with van der Waals surface area (Å²) in [5.74, 6) is 0. The molecule has 0 unspecified atom stereocenters. The molecule has 0 aromatic heterocycles. The van der Waals surface area contributed by atoms with Gasteiger partial charge in [-0.1, -0.05) is 72.3 Å². The van der Waals surface area contributed by atoms with Crippen LogP contribution in [0.1, 0.15) is 27.8 Å². The van der Waals surface area contributed by atoms with Crippen LogP contribution >= 0.6 is 11.6 Å². The fraction of sp³-hybridized carbons (Fsp3) is 0.0952. The Kier molecular flexibility index (Phi) is 4.84. The molecule has 0 aliphatic rings. The number of nitrogen functional groups attached to an aromatic ring is 1. The zero-order chi connectivity index (χ0) is 16.9. The lowest BCUT2D eigenvalue weighted by Gasteiger charge is -2.15. The number of hydrogen-bond acceptors (Lipinski definition) is 2. The van der Waals surface area contributed by atoms with E-state index in [0.717, 1.165) is 22.3 Å². The number of halogens is 1. The third-order valence-corrected chi connectivity index (χ3v) is 4.50. The molecule has 3 aromatic carbocycles. The Morgan fingerprint density at radius 1 is 0.875 bits per heavy atom. The minimum absolute atomic E-state index is 0.454. The van der Waals surface area contributed by atoms with E-state index in [1.807, 2.05) is 48.5 Å². The lowest BCUT2D eigenvalue weighted by atomic mass is 9.94. The van der Waals surface area contributed by atoms with Crippen LogP contribution in [-0.2, 0) is 12.8 Å². The van der Waals surface area contributed by atoms with E-state index >= 15 is 0 Å². The molecule has 0 heterocycles. The summed E-state index contributed by atoms with van der Waals surface area (Å²) in [4.78, 5) is 0. The van der Waals surface area contributed by atoms with E-state index in [1.165, 1.54) is 0 Å². The molecule has 0 amide bonds. The van der Waals surface area contributed by atoms with Gasteiger partial charge in [0.1, 0.15) is 6.07 Å². The van der Waals surface area contributed by atoms with E-state index in [2.05, 4.69) is 18.2 Å². The number of hydrogen-bond donors (Lipinski definition) is 1. The van der Waals surface area contributed by atoms with Crippen LogP contribution in [0.15, 0.2) is 66.7 Å². The maximum atomic E-state index is 9.42. The molecule has 3 rings (SSSR count). The van der Waals surface area contributed by atoms with Crippen molar-refractivity contribution in [2.75, 3.05) is 5.73 Å². The summed E-state index contributed by atoms with van der Waals surface area (Å²) in [5, 5.41) is 9.87. The summed E-state index contributed by atoms with van der Waals surface area (Å²) >= 11 is 6.44. The average Bonchev–Trinajstić information content (AvgIpc) is 2.63. The van der Waals surface area contributed by atoms with Crippen molar-refractivity contribution in [3.63, 3.8) is 0 Å². The van der Waals surface area contributed by atoms with E-state index in [9.17, 15) is 5.26 Å². The number of benzene rings is 3. The first-order valence-electron chi connectivity index (χ1n) is 7.76. The first-order chi connectivity index (χ1) is 11.7. The second-order valence-electron chi connectivity index (χ2n) is 5.73. The Balaban J connectivity index is 2.04. The van der Waals surface area contributed by atoms with Crippen LogP contribution in [0.4, 0.5) is 5.69 Å². The SMILES string of the molecule is N#Cc1cc(Cc2ccccc2)c(N)c(Cc2ccccc2)c1Cl. The summed E-state index contributed by atoms with van der Waals surface area (Å²) in [7, 11) is 0. The molecule has 0 aliphatic heterocycles. The van der Waals surface area contributed by atoms with Gasteiger partial charge in [0.15, 0.2) is 0 Å². The van der Waals surface area contributed by atoms with E-state index in [-0.39, 0.29) is 0 Å². The first kappa shape index (κ1) is 16.1. The van der Waals surface area contributed by atoms with Crippen molar-refractivity contribution in [1.29, 1.82) is 5.26 Å². The van der Waals surface area contributed by atoms with Crippen LogP contribution in [0.25, 0.3) is 0 Å². The quantitative estimate of drug-likeness (QED) is 0.685. The molecule has 0 spiro atoms. The van der Waals surface area contributed by atoms with Crippen molar-refractivity contribution < 1.29 is 0 Å². The van der Waals surface area contributed by atoms with Gasteiger partial charge in [0, 0.05) is 12.1 Å². The molecule has 0 fully saturated rings. The number of anilines is 1. The van der Waals surface area contributed by atoms with E-state index in [1.54, 1.807) is 6.07 Å². The summed E-state index contributed by atoms with van der Waals surface area (Å²) in [6.45, 7) is 0. The Morgan fingerprint density at radius 3 is 1.96 bits per heavy atom. The molecule has 0 radical (unpaired) electrons. The monoisotopic (exact) mass is 332 g/mol. The van der Waals surface area contributed by atoms with Gasteiger partial charge < -0.3 is 5.73 Å². The molecule has 2 N–H and O–H groups in total. The van der Waals surface area contributed by atoms with Gasteiger partial charge in [0.25, 0.3) is 0 Å². The van der Waals surface area contributed by atoms with E-state index in [0.29, 0.717) is 29.1 Å². The van der Waals surface area contributed by atoms with Gasteiger partial charge in [-0.3, -0.25) is 0 Å². The molecule has 3 aromatic rings. The molecule has 0 bridgehead atoms. The molecule has 0 atom stereocenters. The zero-order valence-electron chi connectivity index (χ0n) is 13.2. The number of nitrogens with zero attached hydrogens (tertiary/aromatic N) is 1. The third kappa shape index (κ3) is 3.42. The van der Waals surface area contributed by atoms with Crippen LogP contribution in [0.5, 0.6) is 0 Å². The normalized spacial score (nSPS) is 10.3. The second kappa shape index (κ2) is 7.21. The Bertz CT molecular complexity index is 881. The minimum atomic E-state index is 0.454. The molecule has 0 saturated carbocycles. The fourth-order valence-electron chi connectivity index (χ4n) is 2.81. The van der Waals surface area contributed by atoms with Crippen LogP contribution in [-0.4, -0.2) is 0 Å². The topological polar surface area (TPSA) is 49.8 Å². The molecular weight excluding hydrogens is 316 g/mol. The lowest BCUT2D eigenvalue weighted by molar-refractivity contribution is 1.14. The van der Waals surface area contributed by atoms with Crippen molar-refractivity contribution >= 4 is 17.3 Å². The van der Waals surface area contributed by atoms with Gasteiger partial charge in [0.05, 0.1) is 10.6 Å². The van der Waals surface area contributed by atoms with Gasteiger partial charge in [-0.15, -0.1) is 0 Å². The maximum absolute atomic E-state index is 9.42. The third-order valence-electron chi connectivity index (χ3n) is 4.07. The molecule has 118 valence electrons. The van der Waals surface area contributed by atoms with Gasteiger partial charge in [0.2, 0.25) is 0 Å². The smallest absolute Gasteiger partial charge is 0.101 e. The highest BCUT2D eigenvalue weighted by Crippen LogP contribution is 2.32. The summed E-state index contributed by atoms with van der Waals surface area (Å²) in [5.41, 5.74) is 11.6. The molecule has 2 nitrogen and oxygen atoms in total. The fourth-order valence-corrected chi connectivity index (χ4v) is 3.07. The molecule has 3 heteroatoms. The van der Waals surface area contributed by atoms with Crippen molar-refractivity contribution in [1.82, 2.24) is 0 Å². The molecule has 0 saturated heterocycles. The highest BCUT2D eigenvalue weighted by atomic mass is 35.5. The van der Waals surface area contributed by atoms with E-state index < -0.39 is 0 Å².